The van der Waals surface area contributed by atoms with Gasteiger partial charge < -0.3 is 11.1 Å². The third-order valence-corrected chi connectivity index (χ3v) is 6.83. The molecule has 1 aliphatic rings. The van der Waals surface area contributed by atoms with Gasteiger partial charge in [0.1, 0.15) is 5.82 Å². The Morgan fingerprint density at radius 2 is 1.94 bits per heavy atom. The van der Waals surface area contributed by atoms with Crippen molar-refractivity contribution in [1.29, 1.82) is 0 Å². The summed E-state index contributed by atoms with van der Waals surface area (Å²) in [5.41, 5.74) is 13.3. The highest BCUT2D eigenvalue weighted by Crippen LogP contribution is 2.31. The van der Waals surface area contributed by atoms with Crippen LogP contribution in [0.15, 0.2) is 61.2 Å². The van der Waals surface area contributed by atoms with Gasteiger partial charge in [0.25, 0.3) is 0 Å². The molecule has 0 saturated carbocycles. The monoisotopic (exact) mass is 466 g/mol. The van der Waals surface area contributed by atoms with E-state index in [0.717, 1.165) is 66.3 Å². The van der Waals surface area contributed by atoms with Crippen molar-refractivity contribution < 1.29 is 0 Å². The predicted molar refractivity (Wildman–Crippen MR) is 144 cm³/mol. The van der Waals surface area contributed by atoms with Gasteiger partial charge in [-0.2, -0.15) is 4.98 Å². The molecule has 2 aromatic heterocycles. The molecule has 0 fully saturated rings. The number of hydrogen-bond acceptors (Lipinski definition) is 5. The average Bonchev–Trinajstić information content (AvgIpc) is 3.22. The lowest BCUT2D eigenvalue weighted by molar-refractivity contribution is 0.248. The third kappa shape index (κ3) is 4.66. The number of unbranched alkanes of at least 4 members (excludes halogenated alkanes) is 1. The van der Waals surface area contributed by atoms with Gasteiger partial charge in [-0.05, 0) is 37.6 Å². The van der Waals surface area contributed by atoms with Crippen molar-refractivity contribution >= 4 is 22.4 Å². The van der Waals surface area contributed by atoms with Crippen LogP contribution >= 0.6 is 0 Å². The zero-order chi connectivity index (χ0) is 24.4. The van der Waals surface area contributed by atoms with Crippen LogP contribution in [0.5, 0.6) is 0 Å². The van der Waals surface area contributed by atoms with Crippen molar-refractivity contribution in [3.05, 3.63) is 89.3 Å². The van der Waals surface area contributed by atoms with Gasteiger partial charge in [-0.1, -0.05) is 62.4 Å². The number of fused-ring (bicyclic) bond motifs is 2. The number of nitrogens with zero attached hydrogens (tertiary/aromatic N) is 4. The fraction of sp³-hybridized carbons (Fsp3) is 0.310. The van der Waals surface area contributed by atoms with E-state index in [-0.39, 0.29) is 0 Å². The van der Waals surface area contributed by atoms with Gasteiger partial charge in [-0.15, -0.1) is 0 Å². The van der Waals surface area contributed by atoms with Crippen LogP contribution in [-0.2, 0) is 19.5 Å². The minimum Gasteiger partial charge on any atom is -0.399 e. The van der Waals surface area contributed by atoms with Crippen LogP contribution in [0.3, 0.4) is 0 Å². The van der Waals surface area contributed by atoms with E-state index in [1.54, 1.807) is 0 Å². The normalized spacial score (nSPS) is 13.7. The molecule has 35 heavy (non-hydrogen) atoms. The van der Waals surface area contributed by atoms with Gasteiger partial charge in [0.15, 0.2) is 0 Å². The fourth-order valence-corrected chi connectivity index (χ4v) is 4.97. The lowest BCUT2D eigenvalue weighted by atomic mass is 10.1. The Hall–Kier alpha value is -3.64. The van der Waals surface area contributed by atoms with Gasteiger partial charge >= 0.3 is 0 Å². The molecular formula is C29H34N6. The lowest BCUT2D eigenvalue weighted by Gasteiger charge is -2.29. The van der Waals surface area contributed by atoms with Crippen LogP contribution in [0.4, 0.5) is 5.82 Å². The van der Waals surface area contributed by atoms with E-state index in [1.165, 1.54) is 24.0 Å². The van der Waals surface area contributed by atoms with Gasteiger partial charge in [0.05, 0.1) is 11.2 Å². The molecule has 0 radical (unpaired) electrons. The number of nitrogens with two attached hydrogens (primary N) is 1. The van der Waals surface area contributed by atoms with Crippen molar-refractivity contribution in [3.8, 4) is 5.95 Å². The number of benzene rings is 2. The molecule has 1 aliphatic heterocycles. The first-order chi connectivity index (χ1) is 17.0. The highest BCUT2D eigenvalue weighted by Gasteiger charge is 2.24. The van der Waals surface area contributed by atoms with Crippen LogP contribution in [0.25, 0.3) is 22.5 Å². The zero-order valence-electron chi connectivity index (χ0n) is 20.7. The van der Waals surface area contributed by atoms with Crippen molar-refractivity contribution in [3.63, 3.8) is 0 Å². The quantitative estimate of drug-likeness (QED) is 0.362. The van der Waals surface area contributed by atoms with Gasteiger partial charge in [0.2, 0.25) is 5.95 Å². The van der Waals surface area contributed by atoms with Crippen LogP contribution in [0.2, 0.25) is 0 Å². The molecule has 0 amide bonds. The first-order valence-corrected chi connectivity index (χ1v) is 12.5. The molecule has 0 spiro atoms. The Morgan fingerprint density at radius 3 is 2.71 bits per heavy atom. The van der Waals surface area contributed by atoms with Crippen LogP contribution in [0.1, 0.15) is 47.8 Å². The Kier molecular flexibility index (Phi) is 6.55. The Balaban J connectivity index is 1.58. The number of anilines is 1. The molecule has 0 unspecified atom stereocenters. The summed E-state index contributed by atoms with van der Waals surface area (Å²) in [5, 5.41) is 4.71. The van der Waals surface area contributed by atoms with E-state index in [4.69, 9.17) is 15.7 Å². The van der Waals surface area contributed by atoms with Crippen molar-refractivity contribution in [2.24, 2.45) is 5.73 Å². The van der Waals surface area contributed by atoms with Gasteiger partial charge in [0, 0.05) is 54.0 Å². The van der Waals surface area contributed by atoms with E-state index in [9.17, 15) is 0 Å². The first-order valence-electron chi connectivity index (χ1n) is 12.5. The second-order valence-electron chi connectivity index (χ2n) is 9.40. The highest BCUT2D eigenvalue weighted by atomic mass is 15.2. The minimum absolute atomic E-state index is 0.566. The summed E-state index contributed by atoms with van der Waals surface area (Å²) in [4.78, 5) is 12.7. The number of nitrogens with one attached hydrogen (secondary N) is 1. The molecule has 6 heteroatoms. The van der Waals surface area contributed by atoms with Gasteiger partial charge in [-0.3, -0.25) is 9.47 Å². The maximum atomic E-state index is 6.09. The van der Waals surface area contributed by atoms with Crippen molar-refractivity contribution in [2.75, 3.05) is 18.4 Å². The molecular weight excluding hydrogens is 432 g/mol. The molecule has 0 atom stereocenters. The zero-order valence-corrected chi connectivity index (χ0v) is 20.7. The summed E-state index contributed by atoms with van der Waals surface area (Å²) < 4.78 is 2.14. The van der Waals surface area contributed by atoms with Gasteiger partial charge in [-0.25, -0.2) is 4.98 Å². The highest BCUT2D eigenvalue weighted by molar-refractivity contribution is 5.93. The molecule has 3 heterocycles. The average molecular weight is 467 g/mol. The SMILES string of the molecule is C=C(N)c1cccc2c1cc(C)n2-c1nc2c(c(NCc3ccccc3)n1)CN(CCCC)CC2. The van der Waals surface area contributed by atoms with Crippen molar-refractivity contribution in [2.45, 2.75) is 46.2 Å². The van der Waals surface area contributed by atoms with Crippen LogP contribution in [-0.4, -0.2) is 32.5 Å². The molecule has 0 saturated heterocycles. The number of hydrogen-bond donors (Lipinski definition) is 2. The topological polar surface area (TPSA) is 72.0 Å². The smallest absolute Gasteiger partial charge is 0.236 e. The molecule has 4 aromatic rings. The summed E-state index contributed by atoms with van der Waals surface area (Å²) in [6, 6.07) is 18.7. The molecule has 2 aromatic carbocycles. The number of rotatable bonds is 8. The largest absolute Gasteiger partial charge is 0.399 e. The molecule has 3 N–H and O–H groups in total. The third-order valence-electron chi connectivity index (χ3n) is 6.83. The maximum Gasteiger partial charge on any atom is 0.236 e. The molecule has 5 rings (SSSR count). The first kappa shape index (κ1) is 23.1. The Labute approximate surface area is 207 Å². The van der Waals surface area contributed by atoms with E-state index < -0.39 is 0 Å². The van der Waals surface area contributed by atoms with Crippen LogP contribution in [0, 0.1) is 6.92 Å². The molecule has 0 aliphatic carbocycles. The summed E-state index contributed by atoms with van der Waals surface area (Å²) in [6.07, 6.45) is 3.34. The summed E-state index contributed by atoms with van der Waals surface area (Å²) in [7, 11) is 0. The van der Waals surface area contributed by atoms with Crippen LogP contribution < -0.4 is 11.1 Å². The molecule has 6 nitrogen and oxygen atoms in total. The summed E-state index contributed by atoms with van der Waals surface area (Å²) in [5.74, 6) is 1.63. The Bertz CT molecular complexity index is 1350. The minimum atomic E-state index is 0.566. The number of aromatic nitrogens is 3. The second kappa shape index (κ2) is 9.92. The molecule has 0 bridgehead atoms. The Morgan fingerprint density at radius 1 is 1.11 bits per heavy atom. The maximum absolute atomic E-state index is 6.09. The van der Waals surface area contributed by atoms with E-state index >= 15 is 0 Å². The lowest BCUT2D eigenvalue weighted by Crippen LogP contribution is -2.33. The summed E-state index contributed by atoms with van der Waals surface area (Å²) in [6.45, 7) is 12.1. The summed E-state index contributed by atoms with van der Waals surface area (Å²) >= 11 is 0. The van der Waals surface area contributed by atoms with E-state index in [0.29, 0.717) is 11.6 Å². The van der Waals surface area contributed by atoms with E-state index in [1.807, 2.05) is 18.2 Å². The fourth-order valence-electron chi connectivity index (χ4n) is 4.97. The second-order valence-corrected chi connectivity index (χ2v) is 9.40. The predicted octanol–water partition coefficient (Wildman–Crippen LogP) is 5.43. The van der Waals surface area contributed by atoms with E-state index in [2.05, 4.69) is 71.6 Å². The molecule has 180 valence electrons. The number of aryl methyl sites for hydroxylation is 1. The van der Waals surface area contributed by atoms with Crippen molar-refractivity contribution in [1.82, 2.24) is 19.4 Å². The standard InChI is InChI=1S/C29H34N6/c1-4-5-15-34-16-14-26-25(19-34)28(31-18-22-10-7-6-8-11-22)33-29(32-26)35-20(2)17-24-23(21(3)30)12-9-13-27(24)35/h6-13,17H,3-5,14-16,18-19,30H2,1-2H3,(H,31,32,33).